The molecule has 1 amide bonds. The van der Waals surface area contributed by atoms with Gasteiger partial charge in [-0.05, 0) is 19.0 Å². The van der Waals surface area contributed by atoms with Crippen molar-refractivity contribution in [2.24, 2.45) is 5.92 Å². The van der Waals surface area contributed by atoms with E-state index in [-0.39, 0.29) is 6.09 Å². The van der Waals surface area contributed by atoms with Crippen LogP contribution in [0.4, 0.5) is 4.79 Å². The van der Waals surface area contributed by atoms with Crippen LogP contribution in [0.15, 0.2) is 30.3 Å². The SMILES string of the molecule is CNCC1COC(=O)N(CCc2ccccc2)C1. The van der Waals surface area contributed by atoms with Gasteiger partial charge in [0.2, 0.25) is 0 Å². The van der Waals surface area contributed by atoms with Crippen molar-refractivity contribution < 1.29 is 9.53 Å². The normalized spacial score (nSPS) is 19.7. The van der Waals surface area contributed by atoms with Crippen LogP contribution in [0, 0.1) is 5.92 Å². The fourth-order valence-electron chi connectivity index (χ4n) is 2.22. The molecular weight excluding hydrogens is 228 g/mol. The van der Waals surface area contributed by atoms with Crippen molar-refractivity contribution in [2.45, 2.75) is 6.42 Å². The van der Waals surface area contributed by atoms with Gasteiger partial charge >= 0.3 is 6.09 Å². The second-order valence-electron chi connectivity index (χ2n) is 4.68. The molecule has 98 valence electrons. The van der Waals surface area contributed by atoms with Crippen LogP contribution in [-0.4, -0.2) is 44.3 Å². The molecule has 1 atom stereocenters. The zero-order valence-electron chi connectivity index (χ0n) is 10.8. The van der Waals surface area contributed by atoms with Crippen molar-refractivity contribution in [3.63, 3.8) is 0 Å². The monoisotopic (exact) mass is 248 g/mol. The van der Waals surface area contributed by atoms with E-state index in [1.54, 1.807) is 4.90 Å². The molecule has 1 aliphatic rings. The van der Waals surface area contributed by atoms with Crippen LogP contribution in [0.1, 0.15) is 5.56 Å². The van der Waals surface area contributed by atoms with Gasteiger partial charge in [-0.25, -0.2) is 4.79 Å². The molecule has 1 aromatic rings. The van der Waals surface area contributed by atoms with E-state index in [4.69, 9.17) is 4.74 Å². The molecular formula is C14H20N2O2. The van der Waals surface area contributed by atoms with Crippen molar-refractivity contribution in [3.8, 4) is 0 Å². The average molecular weight is 248 g/mol. The van der Waals surface area contributed by atoms with Crippen LogP contribution < -0.4 is 5.32 Å². The van der Waals surface area contributed by atoms with E-state index in [2.05, 4.69) is 17.4 Å². The molecule has 0 saturated carbocycles. The molecule has 0 bridgehead atoms. The summed E-state index contributed by atoms with van der Waals surface area (Å²) in [5, 5.41) is 3.13. The molecule has 1 aromatic carbocycles. The first-order chi connectivity index (χ1) is 8.79. The standard InChI is InChI=1S/C14H20N2O2/c1-15-9-13-10-16(14(17)18-11-13)8-7-12-5-3-2-4-6-12/h2-6,13,15H,7-11H2,1H3. The lowest BCUT2D eigenvalue weighted by molar-refractivity contribution is 0.0441. The summed E-state index contributed by atoms with van der Waals surface area (Å²) >= 11 is 0. The van der Waals surface area contributed by atoms with E-state index >= 15 is 0 Å². The molecule has 0 radical (unpaired) electrons. The third kappa shape index (κ3) is 3.47. The second-order valence-corrected chi connectivity index (χ2v) is 4.68. The Balaban J connectivity index is 1.85. The summed E-state index contributed by atoms with van der Waals surface area (Å²) in [5.41, 5.74) is 1.25. The topological polar surface area (TPSA) is 41.6 Å². The van der Waals surface area contributed by atoms with Gasteiger partial charge in [0, 0.05) is 25.6 Å². The number of cyclic esters (lactones) is 1. The van der Waals surface area contributed by atoms with Gasteiger partial charge in [0.25, 0.3) is 0 Å². The highest BCUT2D eigenvalue weighted by Crippen LogP contribution is 2.12. The number of carbonyl (C=O) groups is 1. The van der Waals surface area contributed by atoms with Crippen LogP contribution in [0.2, 0.25) is 0 Å². The van der Waals surface area contributed by atoms with Crippen LogP contribution >= 0.6 is 0 Å². The molecule has 2 rings (SSSR count). The van der Waals surface area contributed by atoms with Crippen molar-refractivity contribution in [1.82, 2.24) is 10.2 Å². The summed E-state index contributed by atoms with van der Waals surface area (Å²) in [7, 11) is 1.92. The summed E-state index contributed by atoms with van der Waals surface area (Å²) in [6.07, 6.45) is 0.695. The predicted molar refractivity (Wildman–Crippen MR) is 70.5 cm³/mol. The van der Waals surface area contributed by atoms with E-state index in [9.17, 15) is 4.79 Å². The number of benzene rings is 1. The molecule has 1 fully saturated rings. The summed E-state index contributed by atoms with van der Waals surface area (Å²) < 4.78 is 5.19. The Labute approximate surface area is 108 Å². The van der Waals surface area contributed by atoms with E-state index in [0.29, 0.717) is 12.5 Å². The first-order valence-corrected chi connectivity index (χ1v) is 6.40. The van der Waals surface area contributed by atoms with Crippen LogP contribution in [0.5, 0.6) is 0 Å². The minimum absolute atomic E-state index is 0.182. The highest BCUT2D eigenvalue weighted by atomic mass is 16.6. The molecule has 1 unspecified atom stereocenters. The molecule has 18 heavy (non-hydrogen) atoms. The zero-order chi connectivity index (χ0) is 12.8. The summed E-state index contributed by atoms with van der Waals surface area (Å²) in [6.45, 7) is 2.92. The Morgan fingerprint density at radius 2 is 2.17 bits per heavy atom. The minimum atomic E-state index is -0.182. The molecule has 1 aliphatic heterocycles. The van der Waals surface area contributed by atoms with E-state index < -0.39 is 0 Å². The summed E-state index contributed by atoms with van der Waals surface area (Å²) in [4.78, 5) is 13.5. The fourth-order valence-corrected chi connectivity index (χ4v) is 2.22. The van der Waals surface area contributed by atoms with Crippen LogP contribution in [0.25, 0.3) is 0 Å². The Bertz CT molecular complexity index is 381. The Morgan fingerprint density at radius 1 is 1.39 bits per heavy atom. The first-order valence-electron chi connectivity index (χ1n) is 6.40. The van der Waals surface area contributed by atoms with E-state index in [1.165, 1.54) is 5.56 Å². The van der Waals surface area contributed by atoms with Crippen LogP contribution in [0.3, 0.4) is 0 Å². The van der Waals surface area contributed by atoms with Gasteiger partial charge in [-0.3, -0.25) is 0 Å². The Morgan fingerprint density at radius 3 is 2.89 bits per heavy atom. The maximum absolute atomic E-state index is 11.6. The third-order valence-corrected chi connectivity index (χ3v) is 3.19. The lowest BCUT2D eigenvalue weighted by Gasteiger charge is -2.32. The molecule has 0 aliphatic carbocycles. The highest BCUT2D eigenvalue weighted by molar-refractivity contribution is 5.68. The van der Waals surface area contributed by atoms with E-state index in [0.717, 1.165) is 26.1 Å². The maximum atomic E-state index is 11.6. The van der Waals surface area contributed by atoms with Gasteiger partial charge in [0.1, 0.15) is 0 Å². The van der Waals surface area contributed by atoms with E-state index in [1.807, 2.05) is 25.2 Å². The van der Waals surface area contributed by atoms with Gasteiger partial charge in [0.15, 0.2) is 0 Å². The molecule has 1 saturated heterocycles. The lowest BCUT2D eigenvalue weighted by Crippen LogP contribution is -2.46. The number of ether oxygens (including phenoxy) is 1. The average Bonchev–Trinajstić information content (AvgIpc) is 2.41. The lowest BCUT2D eigenvalue weighted by atomic mass is 10.1. The van der Waals surface area contributed by atoms with Gasteiger partial charge in [-0.1, -0.05) is 30.3 Å². The number of amides is 1. The molecule has 1 heterocycles. The molecule has 4 nitrogen and oxygen atoms in total. The van der Waals surface area contributed by atoms with Gasteiger partial charge in [0.05, 0.1) is 6.61 Å². The van der Waals surface area contributed by atoms with Crippen molar-refractivity contribution in [2.75, 3.05) is 33.3 Å². The number of carbonyl (C=O) groups excluding carboxylic acids is 1. The largest absolute Gasteiger partial charge is 0.449 e. The van der Waals surface area contributed by atoms with Crippen molar-refractivity contribution in [1.29, 1.82) is 0 Å². The van der Waals surface area contributed by atoms with Crippen molar-refractivity contribution in [3.05, 3.63) is 35.9 Å². The Kier molecular flexibility index (Phi) is 4.59. The van der Waals surface area contributed by atoms with Crippen molar-refractivity contribution >= 4 is 6.09 Å². The Hall–Kier alpha value is -1.55. The smallest absolute Gasteiger partial charge is 0.409 e. The molecule has 0 spiro atoms. The number of hydrogen-bond acceptors (Lipinski definition) is 3. The first kappa shape index (κ1) is 12.9. The third-order valence-electron chi connectivity index (χ3n) is 3.19. The predicted octanol–water partition coefficient (Wildman–Crippen LogP) is 1.52. The number of hydrogen-bond donors (Lipinski definition) is 1. The minimum Gasteiger partial charge on any atom is -0.449 e. The molecule has 0 aromatic heterocycles. The van der Waals surface area contributed by atoms with Gasteiger partial charge < -0.3 is 15.0 Å². The van der Waals surface area contributed by atoms with Crippen LogP contribution in [-0.2, 0) is 11.2 Å². The summed E-state index contributed by atoms with van der Waals surface area (Å²) in [6, 6.07) is 10.2. The fraction of sp³-hybridized carbons (Fsp3) is 0.500. The van der Waals surface area contributed by atoms with Gasteiger partial charge in [-0.2, -0.15) is 0 Å². The number of rotatable bonds is 5. The maximum Gasteiger partial charge on any atom is 0.409 e. The number of nitrogens with one attached hydrogen (secondary N) is 1. The van der Waals surface area contributed by atoms with Gasteiger partial charge in [-0.15, -0.1) is 0 Å². The summed E-state index contributed by atoms with van der Waals surface area (Å²) in [5.74, 6) is 0.392. The molecule has 1 N–H and O–H groups in total. The zero-order valence-corrected chi connectivity index (χ0v) is 10.8. The molecule has 4 heteroatoms. The number of nitrogens with zero attached hydrogens (tertiary/aromatic N) is 1. The highest BCUT2D eigenvalue weighted by Gasteiger charge is 2.26. The quantitative estimate of drug-likeness (QED) is 0.859. The second kappa shape index (κ2) is 6.40.